The standard InChI is InChI=1S/C56H84N2O14/c1-32-27-35(4)49(61)52(69-10)50(62)36(5)28-33(2)46(60)31-48(38(7)42-19-16-21-45(59)51(42)68-9)70-55(65)44-20-14-15-26-57(44)54(64)53(63)56(66)37(6)22-23-40(71-56)30-47(67-8)34(3)29-41-24-25-43(32)58(72-41)39-17-12-11-13-18-39/h11-13,17-18,28-29,32-33,35,37-38,40-45,47-48,50-52,59,62,66H,14-16,19-27,30-31H2,1-10H3/b34-29?,36-28+. The first-order valence-corrected chi connectivity index (χ1v) is 26.6. The lowest BCUT2D eigenvalue weighted by atomic mass is 9.74. The summed E-state index contributed by atoms with van der Waals surface area (Å²) in [7, 11) is 4.50. The maximum absolute atomic E-state index is 14.5. The Morgan fingerprint density at radius 3 is 2.19 bits per heavy atom. The quantitative estimate of drug-likeness (QED) is 0.155. The highest BCUT2D eigenvalue weighted by Crippen LogP contribution is 2.40. The van der Waals surface area contributed by atoms with E-state index in [0.717, 1.165) is 17.7 Å². The SMILES string of the molecule is COC1CC2CCC(C)C(O)(O2)C(=O)C(=O)N2CCCCC2C(=O)OC(C(C)C2CCCC(O)C2OC)CC(=O)C(C)/C=C(\C)C(O)C(OC)C(=O)C(C)CC(C)C2CCC(C=C1C)ON2c1ccccc1. The lowest BCUT2D eigenvalue weighted by Gasteiger charge is -2.43. The van der Waals surface area contributed by atoms with Gasteiger partial charge >= 0.3 is 5.97 Å². The zero-order chi connectivity index (χ0) is 52.6. The number of carbonyl (C=O) groups excluding carboxylic acids is 5. The van der Waals surface area contributed by atoms with Crippen molar-refractivity contribution in [2.75, 3.05) is 32.9 Å². The third-order valence-corrected chi connectivity index (χ3v) is 16.7. The lowest BCUT2D eigenvalue weighted by molar-refractivity contribution is -0.265. The van der Waals surface area contributed by atoms with Gasteiger partial charge in [-0.3, -0.25) is 29.1 Å². The van der Waals surface area contributed by atoms with Crippen LogP contribution in [0.1, 0.15) is 132 Å². The fourth-order valence-electron chi connectivity index (χ4n) is 12.1. The highest BCUT2D eigenvalue weighted by molar-refractivity contribution is 6.39. The van der Waals surface area contributed by atoms with Crippen molar-refractivity contribution in [3.05, 3.63) is 53.6 Å². The maximum Gasteiger partial charge on any atom is 0.329 e. The van der Waals surface area contributed by atoms with E-state index in [0.29, 0.717) is 63.4 Å². The molecule has 1 saturated carbocycles. The first kappa shape index (κ1) is 57.4. The first-order valence-electron chi connectivity index (χ1n) is 26.6. The number of allylic oxidation sites excluding steroid dienone is 1. The third kappa shape index (κ3) is 13.1. The summed E-state index contributed by atoms with van der Waals surface area (Å²) >= 11 is 0. The van der Waals surface area contributed by atoms with E-state index in [4.69, 9.17) is 28.5 Å². The molecular weight excluding hydrogens is 925 g/mol. The average Bonchev–Trinajstić information content (AvgIpc) is 3.37. The molecule has 4 bridgehead atoms. The Bertz CT molecular complexity index is 2080. The molecule has 16 nitrogen and oxygen atoms in total. The number of ketones is 3. The second-order valence-corrected chi connectivity index (χ2v) is 21.8. The largest absolute Gasteiger partial charge is 0.460 e. The molecule has 1 aromatic carbocycles. The van der Waals surface area contributed by atoms with E-state index < -0.39 is 95.9 Å². The van der Waals surface area contributed by atoms with Gasteiger partial charge in [-0.1, -0.05) is 71.4 Å². The van der Waals surface area contributed by atoms with E-state index in [1.807, 2.05) is 62.2 Å². The van der Waals surface area contributed by atoms with Gasteiger partial charge < -0.3 is 43.9 Å². The number of hydrogen-bond donors (Lipinski definition) is 3. The second-order valence-electron chi connectivity index (χ2n) is 21.8. The number of aliphatic hydroxyl groups is 3. The second kappa shape index (κ2) is 25.6. The Hall–Kier alpha value is -3.87. The number of ether oxygens (including phenoxy) is 5. The number of hydrogen-bond acceptors (Lipinski definition) is 15. The van der Waals surface area contributed by atoms with Crippen molar-refractivity contribution < 1.29 is 67.8 Å². The van der Waals surface area contributed by atoms with Crippen molar-refractivity contribution in [2.45, 2.75) is 199 Å². The van der Waals surface area contributed by atoms with E-state index in [1.54, 1.807) is 34.0 Å². The smallest absolute Gasteiger partial charge is 0.329 e. The minimum Gasteiger partial charge on any atom is -0.460 e. The number of rotatable bonds is 6. The van der Waals surface area contributed by atoms with Gasteiger partial charge in [0.1, 0.15) is 36.2 Å². The van der Waals surface area contributed by atoms with E-state index in [-0.39, 0.29) is 61.4 Å². The molecule has 3 saturated heterocycles. The zero-order valence-electron chi connectivity index (χ0n) is 44.4. The molecule has 5 aliphatic heterocycles. The van der Waals surface area contributed by atoms with Crippen molar-refractivity contribution in [1.29, 1.82) is 0 Å². The molecule has 3 N–H and O–H groups in total. The summed E-state index contributed by atoms with van der Waals surface area (Å²) in [6, 6.07) is 8.51. The van der Waals surface area contributed by atoms with Crippen LogP contribution in [0.4, 0.5) is 5.69 Å². The van der Waals surface area contributed by atoms with Crippen LogP contribution in [0.3, 0.4) is 0 Å². The molecule has 402 valence electrons. The first-order chi connectivity index (χ1) is 34.2. The number of Topliss-reactive ketones (excluding diaryl/α,β-unsaturated/α-hetero) is 3. The molecule has 17 atom stereocenters. The molecule has 17 unspecified atom stereocenters. The highest BCUT2D eigenvalue weighted by Gasteiger charge is 2.53. The van der Waals surface area contributed by atoms with E-state index in [9.17, 15) is 39.3 Å². The highest BCUT2D eigenvalue weighted by atomic mass is 16.7. The summed E-state index contributed by atoms with van der Waals surface area (Å²) in [6.45, 7) is 12.8. The number of para-hydroxylation sites is 1. The number of aliphatic hydroxyl groups excluding tert-OH is 2. The van der Waals surface area contributed by atoms with Gasteiger partial charge in [0.25, 0.3) is 11.7 Å². The number of piperidine rings is 1. The Labute approximate surface area is 427 Å². The number of carbonyl (C=O) groups is 5. The van der Waals surface area contributed by atoms with Gasteiger partial charge in [-0.2, -0.15) is 0 Å². The normalized spacial score (nSPS) is 39.1. The minimum absolute atomic E-state index is 0.0395. The van der Waals surface area contributed by atoms with Gasteiger partial charge in [-0.15, -0.1) is 0 Å². The predicted molar refractivity (Wildman–Crippen MR) is 269 cm³/mol. The summed E-state index contributed by atoms with van der Waals surface area (Å²) in [5.74, 6) is -8.93. The zero-order valence-corrected chi connectivity index (χ0v) is 44.4. The topological polar surface area (TPSA) is 208 Å². The van der Waals surface area contributed by atoms with Crippen molar-refractivity contribution in [1.82, 2.24) is 4.90 Å². The molecule has 1 amide bonds. The molecule has 0 radical (unpaired) electrons. The minimum atomic E-state index is -2.47. The van der Waals surface area contributed by atoms with E-state index >= 15 is 0 Å². The molecular formula is C56H84N2O14. The molecule has 1 aliphatic carbocycles. The number of amides is 1. The maximum atomic E-state index is 14.5. The Balaban J connectivity index is 1.36. The van der Waals surface area contributed by atoms with Crippen molar-refractivity contribution in [3.8, 4) is 0 Å². The van der Waals surface area contributed by atoms with Gasteiger partial charge in [0.2, 0.25) is 5.79 Å². The number of nitrogens with zero attached hydrogens (tertiary/aromatic N) is 2. The Morgan fingerprint density at radius 2 is 1.51 bits per heavy atom. The fraction of sp³-hybridized carbons (Fsp3) is 0.732. The summed E-state index contributed by atoms with van der Waals surface area (Å²) in [5, 5.41) is 36.8. The van der Waals surface area contributed by atoms with Gasteiger partial charge in [0, 0.05) is 58.5 Å². The van der Waals surface area contributed by atoms with Crippen LogP contribution in [-0.2, 0) is 52.5 Å². The molecule has 4 fully saturated rings. The van der Waals surface area contributed by atoms with E-state index in [1.165, 1.54) is 19.1 Å². The van der Waals surface area contributed by atoms with Crippen LogP contribution < -0.4 is 5.06 Å². The van der Waals surface area contributed by atoms with Crippen LogP contribution in [-0.4, -0.2) is 144 Å². The third-order valence-electron chi connectivity index (χ3n) is 16.7. The molecule has 7 rings (SSSR count). The van der Waals surface area contributed by atoms with Crippen LogP contribution >= 0.6 is 0 Å². The predicted octanol–water partition coefficient (Wildman–Crippen LogP) is 6.65. The van der Waals surface area contributed by atoms with Crippen LogP contribution in [0, 0.1) is 35.5 Å². The summed E-state index contributed by atoms with van der Waals surface area (Å²) in [5.41, 5.74) is 2.09. The molecule has 0 aromatic heterocycles. The molecule has 1 aromatic rings. The lowest BCUT2D eigenvalue weighted by Crippen LogP contribution is -2.61. The molecule has 0 spiro atoms. The van der Waals surface area contributed by atoms with Gasteiger partial charge in [-0.05, 0) is 119 Å². The summed E-state index contributed by atoms with van der Waals surface area (Å²) in [4.78, 5) is 79.9. The number of benzene rings is 1. The fourth-order valence-corrected chi connectivity index (χ4v) is 12.1. The van der Waals surface area contributed by atoms with Crippen molar-refractivity contribution in [2.24, 2.45) is 35.5 Å². The van der Waals surface area contributed by atoms with Crippen LogP contribution in [0.15, 0.2) is 53.6 Å². The summed E-state index contributed by atoms with van der Waals surface area (Å²) in [6.07, 6.45) is 3.14. The van der Waals surface area contributed by atoms with Gasteiger partial charge in [-0.25, -0.2) is 4.79 Å². The van der Waals surface area contributed by atoms with Crippen LogP contribution in [0.25, 0.3) is 0 Å². The monoisotopic (exact) mass is 1010 g/mol. The van der Waals surface area contributed by atoms with Crippen molar-refractivity contribution >= 4 is 34.9 Å². The number of methoxy groups -OCH3 is 3. The number of anilines is 1. The van der Waals surface area contributed by atoms with Crippen LogP contribution in [0.2, 0.25) is 0 Å². The van der Waals surface area contributed by atoms with Gasteiger partial charge in [0.15, 0.2) is 5.78 Å². The van der Waals surface area contributed by atoms with Crippen LogP contribution in [0.5, 0.6) is 0 Å². The molecule has 6 aliphatic rings. The number of hydroxylamine groups is 1. The molecule has 16 heteroatoms. The molecule has 72 heavy (non-hydrogen) atoms. The Kier molecular flexibility index (Phi) is 20.4. The molecule has 5 heterocycles. The Morgan fingerprint density at radius 1 is 0.792 bits per heavy atom. The van der Waals surface area contributed by atoms with Gasteiger partial charge in [0.05, 0.1) is 36.1 Å². The number of esters is 1. The summed E-state index contributed by atoms with van der Waals surface area (Å²) < 4.78 is 30.1. The average molecular weight is 1010 g/mol. The van der Waals surface area contributed by atoms with E-state index in [2.05, 4.69) is 6.92 Å². The number of fused-ring (bicyclic) bond motifs is 17. The van der Waals surface area contributed by atoms with Crippen molar-refractivity contribution in [3.63, 3.8) is 0 Å².